The molecule has 0 saturated carbocycles. The number of sulfonamides is 1. The highest BCUT2D eigenvalue weighted by Crippen LogP contribution is 2.35. The largest absolute Gasteiger partial charge is 0.355 e. The van der Waals surface area contributed by atoms with Crippen molar-refractivity contribution in [2.75, 3.05) is 30.2 Å². The van der Waals surface area contributed by atoms with Gasteiger partial charge in [-0.3, -0.25) is 13.9 Å². The molecule has 7 nitrogen and oxygen atoms in total. The number of hydrogen-bond donors (Lipinski definition) is 1. The predicted molar refractivity (Wildman–Crippen MR) is 134 cm³/mol. The number of carbonyl (C=O) groups is 2. The van der Waals surface area contributed by atoms with Crippen LogP contribution in [-0.2, 0) is 26.0 Å². The molecule has 1 N–H and O–H groups in total. The first-order valence-electron chi connectivity index (χ1n) is 10.2. The number of anilines is 1. The van der Waals surface area contributed by atoms with E-state index in [1.54, 1.807) is 13.8 Å². The minimum atomic E-state index is -3.92. The lowest BCUT2D eigenvalue weighted by atomic mass is 10.1. The number of likely N-dealkylation sites (N-methyl/N-ethyl adjacent to an activating group) is 1. The smallest absolute Gasteiger partial charge is 0.244 e. The Balaban J connectivity index is 2.37. The van der Waals surface area contributed by atoms with Crippen LogP contribution in [0, 0.1) is 0 Å². The van der Waals surface area contributed by atoms with Gasteiger partial charge in [-0.2, -0.15) is 0 Å². The molecule has 0 aliphatic rings. The molecular weight excluding hydrogens is 509 g/mol. The molecule has 0 bridgehead atoms. The summed E-state index contributed by atoms with van der Waals surface area (Å²) in [5, 5.41) is 2.97. The number of carbonyl (C=O) groups excluding carboxylic acids is 2. The minimum Gasteiger partial charge on any atom is -0.355 e. The molecule has 0 radical (unpaired) electrons. The summed E-state index contributed by atoms with van der Waals surface area (Å²) in [5.74, 6) is -0.894. The van der Waals surface area contributed by atoms with Gasteiger partial charge in [0.2, 0.25) is 21.8 Å². The van der Waals surface area contributed by atoms with E-state index in [-0.39, 0.29) is 33.2 Å². The first-order valence-corrected chi connectivity index (χ1v) is 13.2. The molecule has 0 fully saturated rings. The van der Waals surface area contributed by atoms with Gasteiger partial charge in [0, 0.05) is 13.1 Å². The maximum absolute atomic E-state index is 13.3. The monoisotopic (exact) mass is 533 g/mol. The van der Waals surface area contributed by atoms with Crippen LogP contribution >= 0.6 is 34.8 Å². The van der Waals surface area contributed by atoms with Crippen LogP contribution < -0.4 is 9.62 Å². The Bertz CT molecular complexity index is 1100. The van der Waals surface area contributed by atoms with E-state index in [0.717, 1.165) is 16.1 Å². The highest BCUT2D eigenvalue weighted by molar-refractivity contribution is 7.92. The average Bonchev–Trinajstić information content (AvgIpc) is 2.75. The zero-order valence-corrected chi connectivity index (χ0v) is 21.6. The normalized spacial score (nSPS) is 12.2. The first-order chi connectivity index (χ1) is 15.5. The Morgan fingerprint density at radius 1 is 1.03 bits per heavy atom. The second-order valence-corrected chi connectivity index (χ2v) is 10.5. The quantitative estimate of drug-likeness (QED) is 0.467. The van der Waals surface area contributed by atoms with Gasteiger partial charge in [0.25, 0.3) is 0 Å². The predicted octanol–water partition coefficient (Wildman–Crippen LogP) is 4.01. The van der Waals surface area contributed by atoms with Crippen molar-refractivity contribution in [3.63, 3.8) is 0 Å². The Morgan fingerprint density at radius 3 is 2.21 bits per heavy atom. The number of amides is 2. The molecule has 2 aromatic carbocycles. The second kappa shape index (κ2) is 11.9. The lowest BCUT2D eigenvalue weighted by Gasteiger charge is -2.31. The number of benzene rings is 2. The van der Waals surface area contributed by atoms with E-state index in [0.29, 0.717) is 13.0 Å². The fourth-order valence-electron chi connectivity index (χ4n) is 3.19. The number of nitrogens with zero attached hydrogens (tertiary/aromatic N) is 2. The summed E-state index contributed by atoms with van der Waals surface area (Å²) in [4.78, 5) is 27.2. The van der Waals surface area contributed by atoms with Crippen LogP contribution in [0.25, 0.3) is 0 Å². The third-order valence-corrected chi connectivity index (χ3v) is 7.09. The van der Waals surface area contributed by atoms with Gasteiger partial charge in [-0.15, -0.1) is 0 Å². The summed E-state index contributed by atoms with van der Waals surface area (Å²) in [6.07, 6.45) is 1.45. The molecule has 33 heavy (non-hydrogen) atoms. The summed E-state index contributed by atoms with van der Waals surface area (Å²) in [5.41, 5.74) is 1.00. The second-order valence-electron chi connectivity index (χ2n) is 7.38. The number of halogens is 3. The van der Waals surface area contributed by atoms with E-state index in [1.165, 1.54) is 17.0 Å². The molecule has 2 rings (SSSR count). The Kier molecular flexibility index (Phi) is 9.84. The van der Waals surface area contributed by atoms with Gasteiger partial charge < -0.3 is 10.2 Å². The van der Waals surface area contributed by atoms with E-state index < -0.39 is 28.5 Å². The maximum Gasteiger partial charge on any atom is 0.244 e. The number of nitrogens with one attached hydrogen (secondary N) is 1. The standard InChI is InChI=1S/C22H26Cl3N3O4S/c1-4-26-22(30)15(2)27(11-10-16-8-6-5-7-9-16)21(29)14-28(33(3,31)32)20-13-18(24)17(23)12-19(20)25/h5-9,12-13,15H,4,10-11,14H2,1-3H3,(H,26,30). The molecule has 0 aliphatic heterocycles. The first kappa shape index (κ1) is 27.2. The molecule has 2 amide bonds. The van der Waals surface area contributed by atoms with Crippen molar-refractivity contribution >= 4 is 62.3 Å². The van der Waals surface area contributed by atoms with Crippen molar-refractivity contribution < 1.29 is 18.0 Å². The van der Waals surface area contributed by atoms with Gasteiger partial charge in [0.15, 0.2) is 0 Å². The van der Waals surface area contributed by atoms with Crippen molar-refractivity contribution in [2.45, 2.75) is 26.3 Å². The molecule has 2 aromatic rings. The van der Waals surface area contributed by atoms with Crippen molar-refractivity contribution in [2.24, 2.45) is 0 Å². The van der Waals surface area contributed by atoms with Crippen LogP contribution in [0.4, 0.5) is 5.69 Å². The van der Waals surface area contributed by atoms with E-state index in [9.17, 15) is 18.0 Å². The third kappa shape index (κ3) is 7.50. The van der Waals surface area contributed by atoms with Gasteiger partial charge >= 0.3 is 0 Å². The molecule has 0 aliphatic carbocycles. The van der Waals surface area contributed by atoms with Crippen LogP contribution in [0.1, 0.15) is 19.4 Å². The number of rotatable bonds is 10. The fourth-order valence-corrected chi connectivity index (χ4v) is 4.74. The van der Waals surface area contributed by atoms with Crippen LogP contribution in [0.2, 0.25) is 15.1 Å². The molecule has 0 heterocycles. The Hall–Kier alpha value is -2.00. The summed E-state index contributed by atoms with van der Waals surface area (Å²) in [6, 6.07) is 11.3. The fraction of sp³-hybridized carbons (Fsp3) is 0.364. The van der Waals surface area contributed by atoms with E-state index >= 15 is 0 Å². The van der Waals surface area contributed by atoms with Crippen molar-refractivity contribution in [3.05, 3.63) is 63.1 Å². The summed E-state index contributed by atoms with van der Waals surface area (Å²) < 4.78 is 26.0. The van der Waals surface area contributed by atoms with Crippen LogP contribution in [0.3, 0.4) is 0 Å². The lowest BCUT2D eigenvalue weighted by molar-refractivity contribution is -0.138. The molecule has 11 heteroatoms. The Morgan fingerprint density at radius 2 is 1.64 bits per heavy atom. The van der Waals surface area contributed by atoms with Gasteiger partial charge in [-0.1, -0.05) is 65.1 Å². The molecule has 1 atom stereocenters. The van der Waals surface area contributed by atoms with Gasteiger partial charge in [-0.25, -0.2) is 8.42 Å². The topological polar surface area (TPSA) is 86.8 Å². The highest BCUT2D eigenvalue weighted by Gasteiger charge is 2.30. The van der Waals surface area contributed by atoms with Crippen LogP contribution in [-0.4, -0.2) is 57.1 Å². The molecule has 0 spiro atoms. The molecule has 1 unspecified atom stereocenters. The Labute approximate surface area is 209 Å². The van der Waals surface area contributed by atoms with Crippen molar-refractivity contribution in [3.8, 4) is 0 Å². The molecule has 0 aromatic heterocycles. The summed E-state index contributed by atoms with van der Waals surface area (Å²) in [7, 11) is -3.92. The van der Waals surface area contributed by atoms with E-state index in [1.807, 2.05) is 30.3 Å². The van der Waals surface area contributed by atoms with Gasteiger partial charge in [0.1, 0.15) is 12.6 Å². The SMILES string of the molecule is CCNC(=O)C(C)N(CCc1ccccc1)C(=O)CN(c1cc(Cl)c(Cl)cc1Cl)S(C)(=O)=O. The highest BCUT2D eigenvalue weighted by atomic mass is 35.5. The lowest BCUT2D eigenvalue weighted by Crippen LogP contribution is -2.52. The summed E-state index contributed by atoms with van der Waals surface area (Å²) in [6.45, 7) is 3.43. The zero-order chi connectivity index (χ0) is 24.8. The van der Waals surface area contributed by atoms with E-state index in [2.05, 4.69) is 5.32 Å². The number of hydrogen-bond acceptors (Lipinski definition) is 4. The van der Waals surface area contributed by atoms with Gasteiger partial charge in [-0.05, 0) is 38.0 Å². The van der Waals surface area contributed by atoms with Crippen molar-refractivity contribution in [1.82, 2.24) is 10.2 Å². The zero-order valence-electron chi connectivity index (χ0n) is 18.5. The molecule has 180 valence electrons. The van der Waals surface area contributed by atoms with Crippen molar-refractivity contribution in [1.29, 1.82) is 0 Å². The van der Waals surface area contributed by atoms with Crippen LogP contribution in [0.5, 0.6) is 0 Å². The average molecular weight is 535 g/mol. The minimum absolute atomic E-state index is 0.0234. The van der Waals surface area contributed by atoms with Crippen LogP contribution in [0.15, 0.2) is 42.5 Å². The molecule has 0 saturated heterocycles. The third-order valence-electron chi connectivity index (χ3n) is 4.94. The maximum atomic E-state index is 13.3. The van der Waals surface area contributed by atoms with E-state index in [4.69, 9.17) is 34.8 Å². The molecular formula is C22H26Cl3N3O4S. The summed E-state index contributed by atoms with van der Waals surface area (Å²) >= 11 is 18.2. The van der Waals surface area contributed by atoms with Gasteiger partial charge in [0.05, 0.1) is 27.0 Å².